The van der Waals surface area contributed by atoms with E-state index in [4.69, 9.17) is 0 Å². The number of nitrogens with zero attached hydrogens (tertiary/aromatic N) is 2. The highest BCUT2D eigenvalue weighted by atomic mass is 79.9. The third-order valence-electron chi connectivity index (χ3n) is 1.03. The van der Waals surface area contributed by atoms with Crippen LogP contribution in [0.5, 0.6) is 0 Å². The van der Waals surface area contributed by atoms with E-state index in [9.17, 15) is 0 Å². The Kier molecular flexibility index (Phi) is 2.16. The standard InChI is InChI=1S/C6H7BrN2/c1-2-6-3-5(7)4-8-9-6/h3-4H,2H2,1H3. The minimum Gasteiger partial charge on any atom is -0.158 e. The van der Waals surface area contributed by atoms with E-state index >= 15 is 0 Å². The van der Waals surface area contributed by atoms with Gasteiger partial charge in [-0.3, -0.25) is 0 Å². The van der Waals surface area contributed by atoms with Crippen molar-refractivity contribution in [3.8, 4) is 0 Å². The number of hydrogen-bond acceptors (Lipinski definition) is 2. The van der Waals surface area contributed by atoms with Crippen molar-refractivity contribution in [2.45, 2.75) is 13.3 Å². The van der Waals surface area contributed by atoms with Gasteiger partial charge >= 0.3 is 0 Å². The largest absolute Gasteiger partial charge is 0.158 e. The van der Waals surface area contributed by atoms with Crippen LogP contribution >= 0.6 is 15.9 Å². The maximum atomic E-state index is 3.88. The van der Waals surface area contributed by atoms with Gasteiger partial charge in [0.1, 0.15) is 0 Å². The minimum atomic E-state index is 0.937. The molecule has 0 saturated carbocycles. The summed E-state index contributed by atoms with van der Waals surface area (Å²) in [6, 6.07) is 1.97. The van der Waals surface area contributed by atoms with E-state index in [1.54, 1.807) is 6.20 Å². The van der Waals surface area contributed by atoms with Crippen LogP contribution in [0, 0.1) is 0 Å². The van der Waals surface area contributed by atoms with Crippen molar-refractivity contribution in [1.29, 1.82) is 0 Å². The van der Waals surface area contributed by atoms with Crippen molar-refractivity contribution in [3.05, 3.63) is 22.4 Å². The lowest BCUT2D eigenvalue weighted by Crippen LogP contribution is -1.88. The molecule has 0 aliphatic heterocycles. The normalized spacial score (nSPS) is 9.56. The lowest BCUT2D eigenvalue weighted by molar-refractivity contribution is 0.913. The Hall–Kier alpha value is -0.440. The number of hydrogen-bond donors (Lipinski definition) is 0. The summed E-state index contributed by atoms with van der Waals surface area (Å²) in [5, 5.41) is 7.64. The van der Waals surface area contributed by atoms with Crippen molar-refractivity contribution in [3.63, 3.8) is 0 Å². The fraction of sp³-hybridized carbons (Fsp3) is 0.333. The summed E-state index contributed by atoms with van der Waals surface area (Å²) >= 11 is 3.30. The van der Waals surface area contributed by atoms with Crippen LogP contribution in [0.25, 0.3) is 0 Å². The Morgan fingerprint density at radius 2 is 2.44 bits per heavy atom. The fourth-order valence-electron chi connectivity index (χ4n) is 0.556. The van der Waals surface area contributed by atoms with E-state index in [2.05, 4.69) is 33.1 Å². The average molecular weight is 187 g/mol. The first kappa shape index (κ1) is 6.68. The van der Waals surface area contributed by atoms with E-state index in [0.29, 0.717) is 0 Å². The maximum absolute atomic E-state index is 3.88. The van der Waals surface area contributed by atoms with Gasteiger partial charge in [-0.05, 0) is 28.4 Å². The monoisotopic (exact) mass is 186 g/mol. The smallest absolute Gasteiger partial charge is 0.0639 e. The molecule has 0 bridgehead atoms. The predicted molar refractivity (Wildman–Crippen MR) is 39.1 cm³/mol. The molecule has 0 aromatic carbocycles. The Morgan fingerprint density at radius 3 is 2.89 bits per heavy atom. The zero-order valence-electron chi connectivity index (χ0n) is 5.13. The molecule has 0 unspecified atom stereocenters. The van der Waals surface area contributed by atoms with Gasteiger partial charge in [0, 0.05) is 4.47 Å². The molecule has 0 amide bonds. The third-order valence-corrected chi connectivity index (χ3v) is 1.47. The first-order valence-corrected chi connectivity index (χ1v) is 3.59. The molecule has 48 valence electrons. The Balaban J connectivity index is 2.94. The summed E-state index contributed by atoms with van der Waals surface area (Å²) in [6.07, 6.45) is 2.62. The highest BCUT2D eigenvalue weighted by molar-refractivity contribution is 9.10. The van der Waals surface area contributed by atoms with Crippen LogP contribution in [-0.4, -0.2) is 10.2 Å². The summed E-state index contributed by atoms with van der Waals surface area (Å²) in [5.41, 5.74) is 1.02. The number of aromatic nitrogens is 2. The van der Waals surface area contributed by atoms with Crippen molar-refractivity contribution in [1.82, 2.24) is 10.2 Å². The molecule has 1 aromatic rings. The quantitative estimate of drug-likeness (QED) is 0.669. The summed E-state index contributed by atoms with van der Waals surface area (Å²) in [7, 11) is 0. The molecule has 0 aliphatic carbocycles. The SMILES string of the molecule is CCc1cc(Br)cnn1. The third kappa shape index (κ3) is 1.75. The van der Waals surface area contributed by atoms with Gasteiger partial charge in [-0.15, -0.1) is 0 Å². The molecule has 9 heavy (non-hydrogen) atoms. The molecule has 2 nitrogen and oxygen atoms in total. The Morgan fingerprint density at radius 1 is 1.67 bits per heavy atom. The molecule has 1 aromatic heterocycles. The van der Waals surface area contributed by atoms with Crippen LogP contribution in [0.15, 0.2) is 16.7 Å². The average Bonchev–Trinajstić information content (AvgIpc) is 1.88. The molecule has 0 saturated heterocycles. The van der Waals surface area contributed by atoms with Crippen LogP contribution in [0.4, 0.5) is 0 Å². The number of halogens is 1. The van der Waals surface area contributed by atoms with Crippen LogP contribution < -0.4 is 0 Å². The predicted octanol–water partition coefficient (Wildman–Crippen LogP) is 1.80. The van der Waals surface area contributed by atoms with Gasteiger partial charge in [0.15, 0.2) is 0 Å². The second kappa shape index (κ2) is 2.92. The van der Waals surface area contributed by atoms with Gasteiger partial charge in [0.05, 0.1) is 11.9 Å². The van der Waals surface area contributed by atoms with Crippen molar-refractivity contribution < 1.29 is 0 Å². The van der Waals surface area contributed by atoms with Gasteiger partial charge in [-0.25, -0.2) is 0 Å². The highest BCUT2D eigenvalue weighted by Gasteiger charge is 1.90. The molecule has 1 heterocycles. The van der Waals surface area contributed by atoms with Gasteiger partial charge in [-0.2, -0.15) is 10.2 Å². The Bertz CT molecular complexity index is 200. The summed E-state index contributed by atoms with van der Waals surface area (Å²) in [5.74, 6) is 0. The van der Waals surface area contributed by atoms with Crippen LogP contribution in [0.2, 0.25) is 0 Å². The molecule has 0 N–H and O–H groups in total. The van der Waals surface area contributed by atoms with E-state index < -0.39 is 0 Å². The number of rotatable bonds is 1. The number of aryl methyl sites for hydroxylation is 1. The van der Waals surface area contributed by atoms with Gasteiger partial charge < -0.3 is 0 Å². The molecule has 0 fully saturated rings. The van der Waals surface area contributed by atoms with Gasteiger partial charge in [0.25, 0.3) is 0 Å². The second-order valence-electron chi connectivity index (χ2n) is 1.72. The van der Waals surface area contributed by atoms with Crippen molar-refractivity contribution >= 4 is 15.9 Å². The molecule has 0 radical (unpaired) electrons. The van der Waals surface area contributed by atoms with Crippen LogP contribution in [0.1, 0.15) is 12.6 Å². The molecular formula is C6H7BrN2. The van der Waals surface area contributed by atoms with Gasteiger partial charge in [0.2, 0.25) is 0 Å². The molecule has 0 atom stereocenters. The summed E-state index contributed by atoms with van der Waals surface area (Å²) < 4.78 is 0.995. The summed E-state index contributed by atoms with van der Waals surface area (Å²) in [4.78, 5) is 0. The molecule has 0 spiro atoms. The highest BCUT2D eigenvalue weighted by Crippen LogP contribution is 2.06. The fourth-order valence-corrected chi connectivity index (χ4v) is 0.912. The minimum absolute atomic E-state index is 0.937. The Labute approximate surface area is 62.4 Å². The van der Waals surface area contributed by atoms with Crippen LogP contribution in [0.3, 0.4) is 0 Å². The van der Waals surface area contributed by atoms with Gasteiger partial charge in [-0.1, -0.05) is 6.92 Å². The first-order chi connectivity index (χ1) is 4.33. The van der Waals surface area contributed by atoms with E-state index in [1.807, 2.05) is 6.07 Å². The second-order valence-corrected chi connectivity index (χ2v) is 2.63. The lowest BCUT2D eigenvalue weighted by atomic mass is 10.3. The maximum Gasteiger partial charge on any atom is 0.0639 e. The van der Waals surface area contributed by atoms with Crippen molar-refractivity contribution in [2.24, 2.45) is 0 Å². The van der Waals surface area contributed by atoms with Crippen LogP contribution in [-0.2, 0) is 6.42 Å². The zero-order valence-corrected chi connectivity index (χ0v) is 6.72. The van der Waals surface area contributed by atoms with E-state index in [1.165, 1.54) is 0 Å². The zero-order chi connectivity index (χ0) is 6.69. The van der Waals surface area contributed by atoms with E-state index in [0.717, 1.165) is 16.6 Å². The molecule has 3 heteroatoms. The lowest BCUT2D eigenvalue weighted by Gasteiger charge is -1.91. The summed E-state index contributed by atoms with van der Waals surface area (Å²) in [6.45, 7) is 2.05. The molecular weight excluding hydrogens is 180 g/mol. The van der Waals surface area contributed by atoms with E-state index in [-0.39, 0.29) is 0 Å². The molecule has 0 aliphatic rings. The topological polar surface area (TPSA) is 25.8 Å². The first-order valence-electron chi connectivity index (χ1n) is 2.80. The van der Waals surface area contributed by atoms with Crippen molar-refractivity contribution in [2.75, 3.05) is 0 Å². The molecule has 1 rings (SSSR count).